The number of piperidine rings is 1. The molecular weight excluding hydrogens is 192 g/mol. The van der Waals surface area contributed by atoms with Gasteiger partial charge in [0.05, 0.1) is 0 Å². The quantitative estimate of drug-likeness (QED) is 0.661. The average molecular weight is 214 g/mol. The molecule has 0 aromatic carbocycles. The van der Waals surface area contributed by atoms with Crippen LogP contribution in [0.15, 0.2) is 0 Å². The predicted octanol–water partition coefficient (Wildman–Crippen LogP) is 0.670. The van der Waals surface area contributed by atoms with E-state index in [4.69, 9.17) is 4.74 Å². The number of ether oxygens (including phenoxy) is 1. The van der Waals surface area contributed by atoms with Gasteiger partial charge in [0.25, 0.3) is 0 Å². The van der Waals surface area contributed by atoms with Crippen molar-refractivity contribution in [3.63, 3.8) is 0 Å². The summed E-state index contributed by atoms with van der Waals surface area (Å²) in [5.74, 6) is 0.0163. The lowest BCUT2D eigenvalue weighted by Crippen LogP contribution is -2.47. The van der Waals surface area contributed by atoms with E-state index < -0.39 is 0 Å². The average Bonchev–Trinajstić information content (AvgIpc) is 2.18. The first-order chi connectivity index (χ1) is 7.22. The van der Waals surface area contributed by atoms with Crippen LogP contribution in [-0.2, 0) is 9.53 Å². The van der Waals surface area contributed by atoms with Gasteiger partial charge in [-0.1, -0.05) is 6.92 Å². The molecule has 1 fully saturated rings. The van der Waals surface area contributed by atoms with Crippen LogP contribution in [0.25, 0.3) is 0 Å². The highest BCUT2D eigenvalue weighted by atomic mass is 16.5. The normalized spacial score (nSPS) is 26.3. The molecule has 1 amide bonds. The summed E-state index contributed by atoms with van der Waals surface area (Å²) in [7, 11) is 0. The fraction of sp³-hybridized carbons (Fsp3) is 0.909. The van der Waals surface area contributed by atoms with Gasteiger partial charge in [-0.2, -0.15) is 0 Å². The number of hydrogen-bond acceptors (Lipinski definition) is 3. The SMILES string of the molecule is CCCOCC(=O)NC1CCNC(C)C1. The standard InChI is InChI=1S/C11H22N2O2/c1-3-6-15-8-11(14)13-10-4-5-12-9(2)7-10/h9-10,12H,3-8H2,1-2H3,(H,13,14). The lowest BCUT2D eigenvalue weighted by molar-refractivity contribution is -0.126. The van der Waals surface area contributed by atoms with Crippen molar-refractivity contribution in [2.75, 3.05) is 19.8 Å². The maximum absolute atomic E-state index is 11.4. The first kappa shape index (κ1) is 12.5. The Morgan fingerprint density at radius 1 is 1.60 bits per heavy atom. The molecule has 0 aliphatic carbocycles. The number of amides is 1. The van der Waals surface area contributed by atoms with Gasteiger partial charge >= 0.3 is 0 Å². The van der Waals surface area contributed by atoms with Crippen molar-refractivity contribution in [3.05, 3.63) is 0 Å². The van der Waals surface area contributed by atoms with Gasteiger partial charge in [0.1, 0.15) is 6.61 Å². The number of nitrogens with one attached hydrogen (secondary N) is 2. The van der Waals surface area contributed by atoms with Crippen molar-refractivity contribution >= 4 is 5.91 Å². The van der Waals surface area contributed by atoms with Gasteiger partial charge in [-0.05, 0) is 32.7 Å². The van der Waals surface area contributed by atoms with Gasteiger partial charge in [-0.25, -0.2) is 0 Å². The van der Waals surface area contributed by atoms with Crippen molar-refractivity contribution in [3.8, 4) is 0 Å². The molecule has 1 rings (SSSR count). The van der Waals surface area contributed by atoms with Crippen LogP contribution >= 0.6 is 0 Å². The molecule has 2 unspecified atom stereocenters. The van der Waals surface area contributed by atoms with Crippen molar-refractivity contribution in [2.24, 2.45) is 0 Å². The summed E-state index contributed by atoms with van der Waals surface area (Å²) in [6, 6.07) is 0.819. The van der Waals surface area contributed by atoms with Gasteiger partial charge in [0.15, 0.2) is 0 Å². The molecule has 1 aliphatic rings. The summed E-state index contributed by atoms with van der Waals surface area (Å²) in [6.45, 7) is 6.03. The second-order valence-electron chi connectivity index (χ2n) is 4.20. The van der Waals surface area contributed by atoms with Crippen LogP contribution in [0.1, 0.15) is 33.1 Å². The van der Waals surface area contributed by atoms with E-state index in [1.807, 2.05) is 6.92 Å². The highest BCUT2D eigenvalue weighted by molar-refractivity contribution is 5.77. The molecule has 88 valence electrons. The van der Waals surface area contributed by atoms with Crippen LogP contribution in [0.3, 0.4) is 0 Å². The van der Waals surface area contributed by atoms with E-state index in [0.29, 0.717) is 18.7 Å². The maximum Gasteiger partial charge on any atom is 0.246 e. The van der Waals surface area contributed by atoms with Crippen LogP contribution in [0, 0.1) is 0 Å². The predicted molar refractivity (Wildman–Crippen MR) is 59.7 cm³/mol. The lowest BCUT2D eigenvalue weighted by Gasteiger charge is -2.28. The minimum absolute atomic E-state index is 0.0163. The Morgan fingerprint density at radius 3 is 3.07 bits per heavy atom. The molecule has 0 radical (unpaired) electrons. The van der Waals surface area contributed by atoms with E-state index in [1.54, 1.807) is 0 Å². The minimum atomic E-state index is 0.0163. The molecule has 0 aromatic heterocycles. The summed E-state index contributed by atoms with van der Waals surface area (Å²) in [6.07, 6.45) is 2.99. The maximum atomic E-state index is 11.4. The highest BCUT2D eigenvalue weighted by Crippen LogP contribution is 2.07. The molecule has 0 saturated carbocycles. The van der Waals surface area contributed by atoms with E-state index in [2.05, 4.69) is 17.6 Å². The second-order valence-corrected chi connectivity index (χ2v) is 4.20. The first-order valence-corrected chi connectivity index (χ1v) is 5.83. The third kappa shape index (κ3) is 5.14. The molecule has 4 heteroatoms. The van der Waals surface area contributed by atoms with Crippen LogP contribution in [0.2, 0.25) is 0 Å². The molecular formula is C11H22N2O2. The van der Waals surface area contributed by atoms with Gasteiger partial charge < -0.3 is 15.4 Å². The Hall–Kier alpha value is -0.610. The largest absolute Gasteiger partial charge is 0.372 e. The molecule has 0 bridgehead atoms. The Labute approximate surface area is 91.8 Å². The van der Waals surface area contributed by atoms with E-state index in [1.165, 1.54) is 0 Å². The van der Waals surface area contributed by atoms with Crippen molar-refractivity contribution in [1.82, 2.24) is 10.6 Å². The van der Waals surface area contributed by atoms with E-state index in [0.717, 1.165) is 25.8 Å². The fourth-order valence-electron chi connectivity index (χ4n) is 1.84. The summed E-state index contributed by atoms with van der Waals surface area (Å²) in [4.78, 5) is 11.4. The molecule has 1 saturated heterocycles. The van der Waals surface area contributed by atoms with Crippen molar-refractivity contribution in [2.45, 2.75) is 45.2 Å². The Morgan fingerprint density at radius 2 is 2.40 bits per heavy atom. The number of carbonyl (C=O) groups is 1. The van der Waals surface area contributed by atoms with Crippen molar-refractivity contribution < 1.29 is 9.53 Å². The van der Waals surface area contributed by atoms with Crippen LogP contribution in [-0.4, -0.2) is 37.7 Å². The monoisotopic (exact) mass is 214 g/mol. The minimum Gasteiger partial charge on any atom is -0.372 e. The summed E-state index contributed by atoms with van der Waals surface area (Å²) < 4.78 is 5.19. The Balaban J connectivity index is 2.13. The summed E-state index contributed by atoms with van der Waals surface area (Å²) in [5.41, 5.74) is 0. The number of hydrogen-bond donors (Lipinski definition) is 2. The van der Waals surface area contributed by atoms with Crippen LogP contribution in [0.5, 0.6) is 0 Å². The van der Waals surface area contributed by atoms with E-state index in [9.17, 15) is 4.79 Å². The van der Waals surface area contributed by atoms with Gasteiger partial charge in [-0.15, -0.1) is 0 Å². The fourth-order valence-corrected chi connectivity index (χ4v) is 1.84. The van der Waals surface area contributed by atoms with Crippen LogP contribution < -0.4 is 10.6 Å². The van der Waals surface area contributed by atoms with Crippen molar-refractivity contribution in [1.29, 1.82) is 0 Å². The third-order valence-electron chi connectivity index (χ3n) is 2.57. The van der Waals surface area contributed by atoms with Gasteiger partial charge in [0.2, 0.25) is 5.91 Å². The van der Waals surface area contributed by atoms with Gasteiger partial charge in [0, 0.05) is 18.7 Å². The summed E-state index contributed by atoms with van der Waals surface area (Å²) >= 11 is 0. The Bertz CT molecular complexity index is 197. The zero-order valence-corrected chi connectivity index (χ0v) is 9.71. The molecule has 4 nitrogen and oxygen atoms in total. The lowest BCUT2D eigenvalue weighted by atomic mass is 10.0. The topological polar surface area (TPSA) is 50.4 Å². The smallest absolute Gasteiger partial charge is 0.246 e. The number of rotatable bonds is 5. The molecule has 15 heavy (non-hydrogen) atoms. The van der Waals surface area contributed by atoms with Gasteiger partial charge in [-0.3, -0.25) is 4.79 Å². The first-order valence-electron chi connectivity index (χ1n) is 5.83. The second kappa shape index (κ2) is 6.80. The zero-order chi connectivity index (χ0) is 11.1. The summed E-state index contributed by atoms with van der Waals surface area (Å²) in [5, 5.41) is 6.36. The zero-order valence-electron chi connectivity index (χ0n) is 9.71. The Kier molecular flexibility index (Phi) is 5.65. The van der Waals surface area contributed by atoms with E-state index in [-0.39, 0.29) is 12.5 Å². The highest BCUT2D eigenvalue weighted by Gasteiger charge is 2.19. The molecule has 0 spiro atoms. The molecule has 1 heterocycles. The molecule has 0 aromatic rings. The molecule has 2 N–H and O–H groups in total. The number of carbonyl (C=O) groups excluding carboxylic acids is 1. The van der Waals surface area contributed by atoms with E-state index >= 15 is 0 Å². The van der Waals surface area contributed by atoms with Crippen LogP contribution in [0.4, 0.5) is 0 Å². The third-order valence-corrected chi connectivity index (χ3v) is 2.57. The molecule has 2 atom stereocenters. The molecule has 1 aliphatic heterocycles.